The van der Waals surface area contributed by atoms with Gasteiger partial charge in [0.2, 0.25) is 5.91 Å². The van der Waals surface area contributed by atoms with Crippen LogP contribution < -0.4 is 5.32 Å². The molecule has 1 rings (SSSR count). The summed E-state index contributed by atoms with van der Waals surface area (Å²) in [5, 5.41) is 11.9. The minimum Gasteiger partial charge on any atom is -0.481 e. The SMILES string of the molecule is CCC(C)(CNC(=O)CCC1CCCC1)C(=O)O. The minimum atomic E-state index is -0.846. The summed E-state index contributed by atoms with van der Waals surface area (Å²) in [7, 11) is 0. The molecule has 0 spiro atoms. The molecule has 0 aromatic carbocycles. The molecule has 1 aliphatic rings. The number of carboxylic acids is 1. The van der Waals surface area contributed by atoms with Crippen molar-refractivity contribution in [2.75, 3.05) is 6.54 Å². The summed E-state index contributed by atoms with van der Waals surface area (Å²) in [6.07, 6.45) is 7.07. The van der Waals surface area contributed by atoms with Crippen LogP contribution >= 0.6 is 0 Å². The first-order valence-electron chi connectivity index (χ1n) is 6.98. The lowest BCUT2D eigenvalue weighted by Crippen LogP contribution is -2.40. The molecule has 0 heterocycles. The molecule has 0 bridgehead atoms. The third-order valence-corrected chi connectivity index (χ3v) is 4.23. The Labute approximate surface area is 109 Å². The van der Waals surface area contributed by atoms with Gasteiger partial charge in [-0.2, -0.15) is 0 Å². The maximum Gasteiger partial charge on any atom is 0.311 e. The normalized spacial score (nSPS) is 19.4. The maximum absolute atomic E-state index is 11.7. The van der Waals surface area contributed by atoms with Crippen LogP contribution in [0.3, 0.4) is 0 Å². The fraction of sp³-hybridized carbons (Fsp3) is 0.857. The second-order valence-corrected chi connectivity index (χ2v) is 5.69. The van der Waals surface area contributed by atoms with Crippen molar-refractivity contribution in [3.63, 3.8) is 0 Å². The lowest BCUT2D eigenvalue weighted by Gasteiger charge is -2.23. The van der Waals surface area contributed by atoms with Gasteiger partial charge in [-0.25, -0.2) is 0 Å². The van der Waals surface area contributed by atoms with E-state index in [1.807, 2.05) is 6.92 Å². The molecular weight excluding hydrogens is 230 g/mol. The highest BCUT2D eigenvalue weighted by molar-refractivity contribution is 5.78. The summed E-state index contributed by atoms with van der Waals surface area (Å²) >= 11 is 0. The van der Waals surface area contributed by atoms with E-state index in [2.05, 4.69) is 5.32 Å². The topological polar surface area (TPSA) is 66.4 Å². The molecular formula is C14H25NO3. The van der Waals surface area contributed by atoms with Gasteiger partial charge in [0.25, 0.3) is 0 Å². The van der Waals surface area contributed by atoms with E-state index in [1.165, 1.54) is 25.7 Å². The van der Waals surface area contributed by atoms with Gasteiger partial charge in [0.05, 0.1) is 5.41 Å². The molecule has 0 aliphatic heterocycles. The molecule has 1 aliphatic carbocycles. The summed E-state index contributed by atoms with van der Waals surface area (Å²) < 4.78 is 0. The Kier molecular flexibility index (Phi) is 5.63. The van der Waals surface area contributed by atoms with E-state index >= 15 is 0 Å². The summed E-state index contributed by atoms with van der Waals surface area (Å²) in [5.41, 5.74) is -0.844. The summed E-state index contributed by atoms with van der Waals surface area (Å²) in [5.74, 6) is -0.156. The van der Waals surface area contributed by atoms with Crippen molar-refractivity contribution >= 4 is 11.9 Å². The average molecular weight is 255 g/mol. The first-order chi connectivity index (χ1) is 8.48. The van der Waals surface area contributed by atoms with Crippen LogP contribution in [0.2, 0.25) is 0 Å². The molecule has 1 atom stereocenters. The molecule has 2 N–H and O–H groups in total. The van der Waals surface area contributed by atoms with Crippen LogP contribution in [0.15, 0.2) is 0 Å². The van der Waals surface area contributed by atoms with E-state index in [-0.39, 0.29) is 12.5 Å². The van der Waals surface area contributed by atoms with Crippen LogP contribution in [0.25, 0.3) is 0 Å². The zero-order chi connectivity index (χ0) is 13.6. The van der Waals surface area contributed by atoms with E-state index in [4.69, 9.17) is 5.11 Å². The number of carboxylic acid groups (broad SMARTS) is 1. The van der Waals surface area contributed by atoms with Crippen molar-refractivity contribution in [2.45, 2.75) is 58.8 Å². The van der Waals surface area contributed by atoms with Gasteiger partial charge in [-0.05, 0) is 25.7 Å². The molecule has 4 nitrogen and oxygen atoms in total. The van der Waals surface area contributed by atoms with Crippen molar-refractivity contribution in [1.29, 1.82) is 0 Å². The molecule has 0 aromatic heterocycles. The number of nitrogens with one attached hydrogen (secondary N) is 1. The van der Waals surface area contributed by atoms with Crippen molar-refractivity contribution in [3.05, 3.63) is 0 Å². The van der Waals surface area contributed by atoms with Gasteiger partial charge in [-0.15, -0.1) is 0 Å². The summed E-state index contributed by atoms with van der Waals surface area (Å²) in [4.78, 5) is 22.8. The number of hydrogen-bond acceptors (Lipinski definition) is 2. The highest BCUT2D eigenvalue weighted by Gasteiger charge is 2.31. The molecule has 0 radical (unpaired) electrons. The molecule has 1 fully saturated rings. The number of aliphatic carboxylic acids is 1. The fourth-order valence-electron chi connectivity index (χ4n) is 2.37. The van der Waals surface area contributed by atoms with Crippen LogP contribution in [-0.4, -0.2) is 23.5 Å². The summed E-state index contributed by atoms with van der Waals surface area (Å²) in [6, 6.07) is 0. The van der Waals surface area contributed by atoms with Crippen LogP contribution in [0, 0.1) is 11.3 Å². The Bertz CT molecular complexity index is 297. The Morgan fingerprint density at radius 3 is 2.44 bits per heavy atom. The highest BCUT2D eigenvalue weighted by Crippen LogP contribution is 2.28. The molecule has 1 unspecified atom stereocenters. The predicted molar refractivity (Wildman–Crippen MR) is 70.2 cm³/mol. The number of amides is 1. The second kappa shape index (κ2) is 6.76. The molecule has 1 amide bonds. The largest absolute Gasteiger partial charge is 0.481 e. The Hall–Kier alpha value is -1.06. The number of carbonyl (C=O) groups excluding carboxylic acids is 1. The molecule has 104 valence electrons. The van der Waals surface area contributed by atoms with Gasteiger partial charge in [0, 0.05) is 13.0 Å². The first-order valence-corrected chi connectivity index (χ1v) is 6.98. The smallest absolute Gasteiger partial charge is 0.311 e. The van der Waals surface area contributed by atoms with Crippen molar-refractivity contribution in [2.24, 2.45) is 11.3 Å². The van der Waals surface area contributed by atoms with Crippen LogP contribution in [-0.2, 0) is 9.59 Å². The highest BCUT2D eigenvalue weighted by atomic mass is 16.4. The van der Waals surface area contributed by atoms with Gasteiger partial charge in [0.1, 0.15) is 0 Å². The van der Waals surface area contributed by atoms with Gasteiger partial charge in [0.15, 0.2) is 0 Å². The van der Waals surface area contributed by atoms with E-state index in [1.54, 1.807) is 6.92 Å². The average Bonchev–Trinajstić information content (AvgIpc) is 2.86. The molecule has 4 heteroatoms. The third kappa shape index (κ3) is 4.31. The third-order valence-electron chi connectivity index (χ3n) is 4.23. The first kappa shape index (κ1) is 15.0. The van der Waals surface area contributed by atoms with Gasteiger partial charge >= 0.3 is 5.97 Å². The standard InChI is InChI=1S/C14H25NO3/c1-3-14(2,13(17)18)10-15-12(16)9-8-11-6-4-5-7-11/h11H,3-10H2,1-2H3,(H,15,16)(H,17,18). The zero-order valence-electron chi connectivity index (χ0n) is 11.5. The van der Waals surface area contributed by atoms with Crippen molar-refractivity contribution in [3.8, 4) is 0 Å². The van der Waals surface area contributed by atoms with Gasteiger partial charge in [-0.3, -0.25) is 9.59 Å². The number of carbonyl (C=O) groups is 2. The van der Waals surface area contributed by atoms with Gasteiger partial charge < -0.3 is 10.4 Å². The van der Waals surface area contributed by atoms with Crippen molar-refractivity contribution < 1.29 is 14.7 Å². The van der Waals surface area contributed by atoms with E-state index in [0.717, 1.165) is 6.42 Å². The van der Waals surface area contributed by atoms with E-state index in [0.29, 0.717) is 18.8 Å². The van der Waals surface area contributed by atoms with Crippen molar-refractivity contribution in [1.82, 2.24) is 5.32 Å². The zero-order valence-corrected chi connectivity index (χ0v) is 11.5. The predicted octanol–water partition coefficient (Wildman–Crippen LogP) is 2.57. The van der Waals surface area contributed by atoms with Crippen LogP contribution in [0.1, 0.15) is 58.8 Å². The number of rotatable bonds is 7. The molecule has 0 aromatic rings. The maximum atomic E-state index is 11.7. The Balaban J connectivity index is 2.25. The minimum absolute atomic E-state index is 0.0113. The monoisotopic (exact) mass is 255 g/mol. The van der Waals surface area contributed by atoms with Gasteiger partial charge in [-0.1, -0.05) is 32.6 Å². The quantitative estimate of drug-likeness (QED) is 0.734. The van der Waals surface area contributed by atoms with Crippen LogP contribution in [0.5, 0.6) is 0 Å². The number of hydrogen-bond donors (Lipinski definition) is 2. The Morgan fingerprint density at radius 1 is 1.33 bits per heavy atom. The Morgan fingerprint density at radius 2 is 1.94 bits per heavy atom. The van der Waals surface area contributed by atoms with Crippen LogP contribution in [0.4, 0.5) is 0 Å². The fourth-order valence-corrected chi connectivity index (χ4v) is 2.37. The van der Waals surface area contributed by atoms with E-state index in [9.17, 15) is 9.59 Å². The molecule has 18 heavy (non-hydrogen) atoms. The lowest BCUT2D eigenvalue weighted by atomic mass is 9.87. The van der Waals surface area contributed by atoms with E-state index < -0.39 is 11.4 Å². The lowest BCUT2D eigenvalue weighted by molar-refractivity contribution is -0.148. The molecule has 0 saturated heterocycles. The second-order valence-electron chi connectivity index (χ2n) is 5.69. The molecule has 1 saturated carbocycles. The summed E-state index contributed by atoms with van der Waals surface area (Å²) in [6.45, 7) is 3.73.